The number of methoxy groups -OCH3 is 1. The minimum absolute atomic E-state index is 0.00633. The van der Waals surface area contributed by atoms with Gasteiger partial charge >= 0.3 is 5.97 Å². The summed E-state index contributed by atoms with van der Waals surface area (Å²) in [7, 11) is -2.93. The molecule has 1 fully saturated rings. The summed E-state index contributed by atoms with van der Waals surface area (Å²) in [5.41, 5.74) is 8.93. The van der Waals surface area contributed by atoms with Gasteiger partial charge < -0.3 is 10.5 Å². The highest BCUT2D eigenvalue weighted by molar-refractivity contribution is 7.89. The number of benzene rings is 3. The predicted molar refractivity (Wildman–Crippen MR) is 153 cm³/mol. The molecule has 0 saturated carbocycles. The molecule has 1 saturated heterocycles. The van der Waals surface area contributed by atoms with Crippen LogP contribution in [0.15, 0.2) is 83.8 Å². The van der Waals surface area contributed by atoms with Gasteiger partial charge in [-0.2, -0.15) is 9.79 Å². The van der Waals surface area contributed by atoms with E-state index in [1.165, 1.54) is 12.1 Å². The van der Waals surface area contributed by atoms with E-state index in [9.17, 15) is 18.0 Å². The van der Waals surface area contributed by atoms with Gasteiger partial charge in [-0.25, -0.2) is 8.42 Å². The van der Waals surface area contributed by atoms with Gasteiger partial charge in [-0.05, 0) is 42.2 Å². The molecular formula is C30H34N4O6S. The van der Waals surface area contributed by atoms with Gasteiger partial charge in [0.05, 0.1) is 24.2 Å². The normalized spacial score (nSPS) is 18.1. The largest absolute Gasteiger partial charge is 0.468 e. The number of carbonyl (C=O) groups excluding carboxylic acids is 2. The maximum Gasteiger partial charge on any atom is 0.324 e. The fourth-order valence-corrected chi connectivity index (χ4v) is 6.10. The lowest BCUT2D eigenvalue weighted by Gasteiger charge is -2.23. The van der Waals surface area contributed by atoms with Gasteiger partial charge in [-0.15, -0.1) is 0 Å². The maximum absolute atomic E-state index is 13.2. The number of ether oxygens (including phenoxy) is 1. The third-order valence-electron chi connectivity index (χ3n) is 6.88. The van der Waals surface area contributed by atoms with Crippen molar-refractivity contribution >= 4 is 27.6 Å². The molecule has 1 aliphatic rings. The Kier molecular flexibility index (Phi) is 9.66. The molecule has 3 atom stereocenters. The van der Waals surface area contributed by atoms with Gasteiger partial charge in [0.1, 0.15) is 17.7 Å². The first kappa shape index (κ1) is 30.1. The second-order valence-corrected chi connectivity index (χ2v) is 11.7. The Balaban J connectivity index is 1.48. The number of nitrogens with two attached hydrogens (primary N) is 1. The second kappa shape index (κ2) is 13.2. The van der Waals surface area contributed by atoms with Gasteiger partial charge in [-0.1, -0.05) is 66.7 Å². The SMILES string of the molecule is COC(=O)[C@H](CC(=O)C[C@H]1C[C@@H](c2ccc(C(=N)N)cc2)N(Cc2ccccc2)O1)NS(=O)(=O)c1cccc(C)c1. The number of hydrogen-bond donors (Lipinski definition) is 3. The summed E-state index contributed by atoms with van der Waals surface area (Å²) in [6.07, 6.45) is -0.396. The van der Waals surface area contributed by atoms with Crippen LogP contribution in [0.25, 0.3) is 0 Å². The molecule has 3 aromatic rings. The number of nitrogens with zero attached hydrogens (tertiary/aromatic N) is 1. The van der Waals surface area contributed by atoms with Crippen molar-refractivity contribution in [3.63, 3.8) is 0 Å². The summed E-state index contributed by atoms with van der Waals surface area (Å²) in [5.74, 6) is -1.22. The number of hydrogen-bond acceptors (Lipinski definition) is 8. The zero-order valence-electron chi connectivity index (χ0n) is 22.9. The maximum atomic E-state index is 13.2. The summed E-state index contributed by atoms with van der Waals surface area (Å²) in [6.45, 7) is 2.24. The quantitative estimate of drug-likeness (QED) is 0.168. The van der Waals surface area contributed by atoms with Crippen LogP contribution in [-0.2, 0) is 35.7 Å². The van der Waals surface area contributed by atoms with E-state index in [0.29, 0.717) is 18.5 Å². The Morgan fingerprint density at radius 3 is 2.44 bits per heavy atom. The highest BCUT2D eigenvalue weighted by atomic mass is 32.2. The van der Waals surface area contributed by atoms with Crippen molar-refractivity contribution in [2.75, 3.05) is 7.11 Å². The Hall–Kier alpha value is -3.90. The summed E-state index contributed by atoms with van der Waals surface area (Å²) < 4.78 is 33.0. The smallest absolute Gasteiger partial charge is 0.324 e. The molecule has 0 bridgehead atoms. The lowest BCUT2D eigenvalue weighted by Crippen LogP contribution is -2.43. The van der Waals surface area contributed by atoms with E-state index in [-0.39, 0.29) is 35.4 Å². The molecular weight excluding hydrogens is 544 g/mol. The number of nitrogen functional groups attached to an aromatic ring is 1. The molecule has 1 heterocycles. The van der Waals surface area contributed by atoms with E-state index in [1.807, 2.05) is 47.5 Å². The number of Topliss-reactive ketones (excluding diaryl/α,β-unsaturated/α-hetero) is 1. The number of ketones is 1. The fourth-order valence-electron chi connectivity index (χ4n) is 4.81. The van der Waals surface area contributed by atoms with Gasteiger partial charge in [0.15, 0.2) is 0 Å². The third-order valence-corrected chi connectivity index (χ3v) is 8.35. The molecule has 0 spiro atoms. The van der Waals surface area contributed by atoms with E-state index >= 15 is 0 Å². The van der Waals surface area contributed by atoms with Crippen LogP contribution < -0.4 is 10.5 Å². The zero-order valence-corrected chi connectivity index (χ0v) is 23.8. The number of nitrogens with one attached hydrogen (secondary N) is 2. The van der Waals surface area contributed by atoms with Crippen molar-refractivity contribution in [2.45, 2.75) is 55.8 Å². The lowest BCUT2D eigenvalue weighted by molar-refractivity contribution is -0.173. The minimum atomic E-state index is -4.07. The van der Waals surface area contributed by atoms with E-state index in [4.69, 9.17) is 20.7 Å². The van der Waals surface area contributed by atoms with Crippen LogP contribution in [0.2, 0.25) is 0 Å². The summed E-state index contributed by atoms with van der Waals surface area (Å²) in [4.78, 5) is 31.8. The Labute approximate surface area is 240 Å². The van der Waals surface area contributed by atoms with Crippen LogP contribution in [0, 0.1) is 12.3 Å². The van der Waals surface area contributed by atoms with Crippen LogP contribution in [-0.4, -0.2) is 50.3 Å². The first-order valence-electron chi connectivity index (χ1n) is 13.2. The van der Waals surface area contributed by atoms with Gasteiger partial charge in [0.2, 0.25) is 10.0 Å². The van der Waals surface area contributed by atoms with E-state index < -0.39 is 28.1 Å². The molecule has 3 aromatic carbocycles. The van der Waals surface area contributed by atoms with Crippen molar-refractivity contribution in [3.8, 4) is 0 Å². The van der Waals surface area contributed by atoms with Crippen molar-refractivity contribution in [3.05, 3.63) is 101 Å². The second-order valence-electron chi connectivity index (χ2n) is 10.0. The molecule has 4 rings (SSSR count). The monoisotopic (exact) mass is 578 g/mol. The molecule has 216 valence electrons. The topological polar surface area (TPSA) is 152 Å². The first-order chi connectivity index (χ1) is 19.6. The van der Waals surface area contributed by atoms with E-state index in [1.54, 1.807) is 31.2 Å². The lowest BCUT2D eigenvalue weighted by atomic mass is 9.96. The first-order valence-corrected chi connectivity index (χ1v) is 14.6. The number of esters is 1. The highest BCUT2D eigenvalue weighted by Gasteiger charge is 2.37. The van der Waals surface area contributed by atoms with Crippen molar-refractivity contribution in [2.24, 2.45) is 5.73 Å². The van der Waals surface area contributed by atoms with Crippen LogP contribution in [0.3, 0.4) is 0 Å². The average molecular weight is 579 g/mol. The summed E-state index contributed by atoms with van der Waals surface area (Å²) in [6, 6.07) is 21.8. The number of sulfonamides is 1. The number of amidine groups is 1. The van der Waals surface area contributed by atoms with Gasteiger partial charge in [0.25, 0.3) is 0 Å². The van der Waals surface area contributed by atoms with Crippen LogP contribution >= 0.6 is 0 Å². The van der Waals surface area contributed by atoms with Crippen molar-refractivity contribution in [1.82, 2.24) is 9.79 Å². The van der Waals surface area contributed by atoms with Crippen LogP contribution in [0.5, 0.6) is 0 Å². The van der Waals surface area contributed by atoms with E-state index in [0.717, 1.165) is 23.8 Å². The minimum Gasteiger partial charge on any atom is -0.468 e. The van der Waals surface area contributed by atoms with Gasteiger partial charge in [0, 0.05) is 24.9 Å². The predicted octanol–water partition coefficient (Wildman–Crippen LogP) is 3.40. The Morgan fingerprint density at radius 2 is 1.80 bits per heavy atom. The molecule has 0 amide bonds. The van der Waals surface area contributed by atoms with E-state index in [2.05, 4.69) is 4.72 Å². The third kappa shape index (κ3) is 7.86. The van der Waals surface area contributed by atoms with Crippen molar-refractivity contribution < 1.29 is 27.6 Å². The van der Waals surface area contributed by atoms with Crippen LogP contribution in [0.4, 0.5) is 0 Å². The molecule has 10 nitrogen and oxygen atoms in total. The molecule has 0 aliphatic carbocycles. The number of aryl methyl sites for hydroxylation is 1. The number of rotatable bonds is 12. The summed E-state index contributed by atoms with van der Waals surface area (Å²) in [5, 5.41) is 9.48. The Morgan fingerprint density at radius 1 is 1.10 bits per heavy atom. The molecule has 11 heteroatoms. The summed E-state index contributed by atoms with van der Waals surface area (Å²) >= 11 is 0. The van der Waals surface area contributed by atoms with Crippen molar-refractivity contribution in [1.29, 1.82) is 5.41 Å². The fraction of sp³-hybridized carbons (Fsp3) is 0.300. The molecule has 0 aromatic heterocycles. The molecule has 4 N–H and O–H groups in total. The molecule has 1 aliphatic heterocycles. The van der Waals surface area contributed by atoms with Gasteiger partial charge in [-0.3, -0.25) is 19.8 Å². The highest BCUT2D eigenvalue weighted by Crippen LogP contribution is 2.37. The molecule has 41 heavy (non-hydrogen) atoms. The average Bonchev–Trinajstić information content (AvgIpc) is 3.34. The Bertz CT molecular complexity index is 1490. The van der Waals surface area contributed by atoms with Crippen LogP contribution in [0.1, 0.15) is 47.6 Å². The standard InChI is InChI=1S/C30H34N4O6S/c1-20-7-6-10-26(15-20)41(37,38)33-27(30(36)39-2)17-24(35)16-25-18-28(22-11-13-23(14-12-22)29(31)32)34(40-25)19-21-8-4-3-5-9-21/h3-15,25,27-28,33H,16-19H2,1-2H3,(H3,31,32)/t25-,27-,28-/m0/s1. The molecule has 0 radical (unpaired) electrons. The number of carbonyl (C=O) groups is 2. The molecule has 0 unspecified atom stereocenters. The zero-order chi connectivity index (χ0) is 29.6. The number of hydroxylamine groups is 2.